The fourth-order valence-electron chi connectivity index (χ4n) is 2.48. The molecule has 0 saturated heterocycles. The van der Waals surface area contributed by atoms with E-state index in [1.807, 2.05) is 24.3 Å². The predicted molar refractivity (Wildman–Crippen MR) is 62.7 cm³/mol. The first-order chi connectivity index (χ1) is 7.31. The van der Waals surface area contributed by atoms with Crippen molar-refractivity contribution in [1.82, 2.24) is 0 Å². The van der Waals surface area contributed by atoms with Crippen LogP contribution in [0.1, 0.15) is 30.7 Å². The van der Waals surface area contributed by atoms with Crippen molar-refractivity contribution in [3.63, 3.8) is 0 Å². The van der Waals surface area contributed by atoms with Crippen molar-refractivity contribution < 1.29 is 5.11 Å². The van der Waals surface area contributed by atoms with Gasteiger partial charge in [-0.2, -0.15) is 0 Å². The summed E-state index contributed by atoms with van der Waals surface area (Å²) in [6.07, 6.45) is 4.86. The summed E-state index contributed by atoms with van der Waals surface area (Å²) in [4.78, 5) is 0. The smallest absolute Gasteiger partial charge is 0.0614 e. The van der Waals surface area contributed by atoms with Crippen LogP contribution in [-0.2, 0) is 0 Å². The van der Waals surface area contributed by atoms with Crippen molar-refractivity contribution in [3.05, 3.63) is 48.6 Å². The Labute approximate surface area is 91.4 Å². The van der Waals surface area contributed by atoms with E-state index >= 15 is 0 Å². The Morgan fingerprint density at radius 2 is 1.93 bits per heavy atom. The number of rotatable bonds is 2. The molecule has 0 bridgehead atoms. The van der Waals surface area contributed by atoms with E-state index in [2.05, 4.69) is 18.7 Å². The lowest BCUT2D eigenvalue weighted by molar-refractivity contribution is 0.0898. The zero-order chi connectivity index (χ0) is 10.7. The molecule has 1 nitrogen and oxygen atoms in total. The minimum atomic E-state index is -0.204. The molecule has 1 aliphatic carbocycles. The van der Waals surface area contributed by atoms with Gasteiger partial charge in [-0.3, -0.25) is 0 Å². The molecular weight excluding hydrogens is 184 g/mol. The molecule has 1 aromatic rings. The zero-order valence-corrected chi connectivity index (χ0v) is 8.97. The van der Waals surface area contributed by atoms with Gasteiger partial charge in [-0.1, -0.05) is 36.4 Å². The fraction of sp³-hybridized carbons (Fsp3) is 0.429. The molecular formula is C14H18O. The summed E-state index contributed by atoms with van der Waals surface area (Å²) < 4.78 is 0. The molecule has 1 aliphatic rings. The van der Waals surface area contributed by atoms with Crippen molar-refractivity contribution >= 4 is 0 Å². The fourth-order valence-corrected chi connectivity index (χ4v) is 2.48. The van der Waals surface area contributed by atoms with Gasteiger partial charge in [0, 0.05) is 5.92 Å². The van der Waals surface area contributed by atoms with E-state index in [0.717, 1.165) is 19.3 Å². The lowest BCUT2D eigenvalue weighted by Gasteiger charge is -2.32. The SMILES string of the molecule is C=CC1CCC(c2ccccc2)C(O)C1. The highest BCUT2D eigenvalue weighted by Gasteiger charge is 2.28. The molecule has 0 heterocycles. The highest BCUT2D eigenvalue weighted by molar-refractivity contribution is 5.21. The summed E-state index contributed by atoms with van der Waals surface area (Å²) in [5.41, 5.74) is 1.27. The Hall–Kier alpha value is -1.08. The van der Waals surface area contributed by atoms with E-state index in [-0.39, 0.29) is 6.10 Å². The van der Waals surface area contributed by atoms with Gasteiger partial charge in [0.05, 0.1) is 6.10 Å². The standard InChI is InChI=1S/C14H18O/c1-2-11-8-9-13(14(15)10-11)12-6-4-3-5-7-12/h2-7,11,13-15H,1,8-10H2. The molecule has 3 unspecified atom stereocenters. The van der Waals surface area contributed by atoms with Crippen LogP contribution in [0.25, 0.3) is 0 Å². The Morgan fingerprint density at radius 3 is 2.53 bits per heavy atom. The molecule has 0 aromatic heterocycles. The van der Waals surface area contributed by atoms with E-state index in [9.17, 15) is 5.11 Å². The molecule has 1 saturated carbocycles. The average molecular weight is 202 g/mol. The first kappa shape index (κ1) is 10.4. The van der Waals surface area contributed by atoms with Crippen molar-refractivity contribution in [3.8, 4) is 0 Å². The summed E-state index contributed by atoms with van der Waals surface area (Å²) >= 11 is 0. The molecule has 0 radical (unpaired) electrons. The third-order valence-electron chi connectivity index (χ3n) is 3.42. The third kappa shape index (κ3) is 2.29. The van der Waals surface area contributed by atoms with Gasteiger partial charge in [-0.05, 0) is 30.7 Å². The minimum absolute atomic E-state index is 0.204. The predicted octanol–water partition coefficient (Wildman–Crippen LogP) is 3.12. The van der Waals surface area contributed by atoms with Gasteiger partial charge in [0.25, 0.3) is 0 Å². The van der Waals surface area contributed by atoms with Crippen LogP contribution in [0.5, 0.6) is 0 Å². The van der Waals surface area contributed by atoms with E-state index in [1.165, 1.54) is 5.56 Å². The largest absolute Gasteiger partial charge is 0.392 e. The molecule has 2 rings (SSSR count). The maximum absolute atomic E-state index is 10.1. The number of hydrogen-bond acceptors (Lipinski definition) is 1. The zero-order valence-electron chi connectivity index (χ0n) is 8.97. The molecule has 80 valence electrons. The molecule has 1 heteroatoms. The van der Waals surface area contributed by atoms with Crippen LogP contribution in [0.2, 0.25) is 0 Å². The van der Waals surface area contributed by atoms with Crippen LogP contribution < -0.4 is 0 Å². The maximum atomic E-state index is 10.1. The highest BCUT2D eigenvalue weighted by atomic mass is 16.3. The lowest BCUT2D eigenvalue weighted by atomic mass is 9.77. The van der Waals surface area contributed by atoms with Gasteiger partial charge >= 0.3 is 0 Å². The van der Waals surface area contributed by atoms with E-state index in [4.69, 9.17) is 0 Å². The topological polar surface area (TPSA) is 20.2 Å². The van der Waals surface area contributed by atoms with Gasteiger partial charge in [-0.25, -0.2) is 0 Å². The van der Waals surface area contributed by atoms with Crippen LogP contribution in [0.3, 0.4) is 0 Å². The Kier molecular flexibility index (Phi) is 3.22. The van der Waals surface area contributed by atoms with Crippen LogP contribution in [0, 0.1) is 5.92 Å². The normalized spacial score (nSPS) is 31.1. The second-order valence-corrected chi connectivity index (χ2v) is 4.39. The number of allylic oxidation sites excluding steroid dienone is 1. The van der Waals surface area contributed by atoms with E-state index in [1.54, 1.807) is 0 Å². The molecule has 1 fully saturated rings. The summed E-state index contributed by atoms with van der Waals surface area (Å²) in [5.74, 6) is 0.822. The average Bonchev–Trinajstić information content (AvgIpc) is 2.30. The van der Waals surface area contributed by atoms with E-state index < -0.39 is 0 Å². The van der Waals surface area contributed by atoms with Crippen molar-refractivity contribution in [2.24, 2.45) is 5.92 Å². The lowest BCUT2D eigenvalue weighted by Crippen LogP contribution is -2.26. The first-order valence-corrected chi connectivity index (χ1v) is 5.67. The summed E-state index contributed by atoms with van der Waals surface area (Å²) in [7, 11) is 0. The molecule has 0 aliphatic heterocycles. The quantitative estimate of drug-likeness (QED) is 0.730. The summed E-state index contributed by atoms with van der Waals surface area (Å²) in [6, 6.07) is 10.3. The van der Waals surface area contributed by atoms with Crippen molar-refractivity contribution in [2.45, 2.75) is 31.3 Å². The molecule has 3 atom stereocenters. The number of aliphatic hydroxyl groups is 1. The number of benzene rings is 1. The molecule has 0 spiro atoms. The number of aliphatic hydroxyl groups excluding tert-OH is 1. The van der Waals surface area contributed by atoms with Gasteiger partial charge in [0.15, 0.2) is 0 Å². The van der Waals surface area contributed by atoms with E-state index in [0.29, 0.717) is 11.8 Å². The number of hydrogen-bond donors (Lipinski definition) is 1. The third-order valence-corrected chi connectivity index (χ3v) is 3.42. The van der Waals surface area contributed by atoms with Gasteiger partial charge < -0.3 is 5.11 Å². The van der Waals surface area contributed by atoms with Gasteiger partial charge in [-0.15, -0.1) is 6.58 Å². The monoisotopic (exact) mass is 202 g/mol. The maximum Gasteiger partial charge on any atom is 0.0614 e. The Balaban J connectivity index is 2.09. The van der Waals surface area contributed by atoms with Crippen LogP contribution in [-0.4, -0.2) is 11.2 Å². The van der Waals surface area contributed by atoms with Crippen LogP contribution in [0.4, 0.5) is 0 Å². The van der Waals surface area contributed by atoms with Crippen molar-refractivity contribution in [1.29, 1.82) is 0 Å². The van der Waals surface area contributed by atoms with Gasteiger partial charge in [0.1, 0.15) is 0 Å². The van der Waals surface area contributed by atoms with Crippen LogP contribution in [0.15, 0.2) is 43.0 Å². The Bertz CT molecular complexity index is 317. The second kappa shape index (κ2) is 4.63. The molecule has 15 heavy (non-hydrogen) atoms. The van der Waals surface area contributed by atoms with Crippen LogP contribution >= 0.6 is 0 Å². The first-order valence-electron chi connectivity index (χ1n) is 5.67. The van der Waals surface area contributed by atoms with Crippen molar-refractivity contribution in [2.75, 3.05) is 0 Å². The van der Waals surface area contributed by atoms with Gasteiger partial charge in [0.2, 0.25) is 0 Å². The Morgan fingerprint density at radius 1 is 1.20 bits per heavy atom. The minimum Gasteiger partial charge on any atom is -0.392 e. The highest BCUT2D eigenvalue weighted by Crippen LogP contribution is 2.36. The molecule has 1 N–H and O–H groups in total. The molecule has 1 aromatic carbocycles. The molecule has 0 amide bonds. The second-order valence-electron chi connectivity index (χ2n) is 4.39. The summed E-state index contributed by atoms with van der Waals surface area (Å²) in [6.45, 7) is 3.81. The summed E-state index contributed by atoms with van der Waals surface area (Å²) in [5, 5.41) is 10.1.